The number of carboxylic acids is 1. The molecule has 16 heavy (non-hydrogen) atoms. The SMILES string of the molecule is CC(C)C[C@@H](OCc1ccccc1)C(=O)O. The molecule has 0 aliphatic carbocycles. The predicted molar refractivity (Wildman–Crippen MR) is 62.1 cm³/mol. The van der Waals surface area contributed by atoms with Crippen molar-refractivity contribution in [3.05, 3.63) is 35.9 Å². The van der Waals surface area contributed by atoms with Crippen molar-refractivity contribution in [1.29, 1.82) is 0 Å². The fourth-order valence-electron chi connectivity index (χ4n) is 1.44. The molecule has 3 nitrogen and oxygen atoms in total. The lowest BCUT2D eigenvalue weighted by atomic mass is 10.1. The quantitative estimate of drug-likeness (QED) is 0.805. The van der Waals surface area contributed by atoms with Crippen molar-refractivity contribution in [3.8, 4) is 0 Å². The van der Waals surface area contributed by atoms with Gasteiger partial charge in [-0.1, -0.05) is 44.2 Å². The Morgan fingerprint density at radius 1 is 1.31 bits per heavy atom. The van der Waals surface area contributed by atoms with Gasteiger partial charge >= 0.3 is 5.97 Å². The van der Waals surface area contributed by atoms with E-state index in [1.807, 2.05) is 44.2 Å². The fraction of sp³-hybridized carbons (Fsp3) is 0.462. The Bertz CT molecular complexity index is 319. The van der Waals surface area contributed by atoms with Gasteiger partial charge in [0.1, 0.15) is 0 Å². The molecule has 1 aromatic carbocycles. The van der Waals surface area contributed by atoms with Crippen LogP contribution in [0.25, 0.3) is 0 Å². The van der Waals surface area contributed by atoms with Gasteiger partial charge in [-0.15, -0.1) is 0 Å². The zero-order valence-electron chi connectivity index (χ0n) is 9.72. The number of hydrogen-bond acceptors (Lipinski definition) is 2. The molecule has 0 saturated heterocycles. The van der Waals surface area contributed by atoms with Gasteiger partial charge in [-0.3, -0.25) is 0 Å². The summed E-state index contributed by atoms with van der Waals surface area (Å²) < 4.78 is 5.40. The summed E-state index contributed by atoms with van der Waals surface area (Å²) >= 11 is 0. The summed E-state index contributed by atoms with van der Waals surface area (Å²) in [6, 6.07) is 9.60. The third kappa shape index (κ3) is 4.45. The first-order chi connectivity index (χ1) is 7.59. The van der Waals surface area contributed by atoms with Crippen molar-refractivity contribution in [2.45, 2.75) is 33.0 Å². The first-order valence-corrected chi connectivity index (χ1v) is 5.48. The summed E-state index contributed by atoms with van der Waals surface area (Å²) in [6.45, 7) is 4.33. The normalized spacial score (nSPS) is 12.7. The van der Waals surface area contributed by atoms with Gasteiger partial charge in [0.05, 0.1) is 6.61 Å². The lowest BCUT2D eigenvalue weighted by Gasteiger charge is -2.15. The van der Waals surface area contributed by atoms with E-state index in [0.29, 0.717) is 18.9 Å². The van der Waals surface area contributed by atoms with Crippen LogP contribution in [0.3, 0.4) is 0 Å². The number of aliphatic carboxylic acids is 1. The lowest BCUT2D eigenvalue weighted by Crippen LogP contribution is -2.25. The molecule has 88 valence electrons. The molecule has 0 amide bonds. The van der Waals surface area contributed by atoms with Gasteiger partial charge in [-0.25, -0.2) is 4.79 Å². The van der Waals surface area contributed by atoms with Gasteiger partial charge in [-0.05, 0) is 17.9 Å². The van der Waals surface area contributed by atoms with E-state index in [2.05, 4.69) is 0 Å². The van der Waals surface area contributed by atoms with E-state index in [1.54, 1.807) is 0 Å². The van der Waals surface area contributed by atoms with Crippen LogP contribution in [0.4, 0.5) is 0 Å². The largest absolute Gasteiger partial charge is 0.479 e. The second kappa shape index (κ2) is 6.28. The topological polar surface area (TPSA) is 46.5 Å². The molecule has 0 fully saturated rings. The van der Waals surface area contributed by atoms with E-state index in [1.165, 1.54) is 0 Å². The molecule has 3 heteroatoms. The molecule has 1 atom stereocenters. The van der Waals surface area contributed by atoms with Crippen LogP contribution >= 0.6 is 0 Å². The third-order valence-electron chi connectivity index (χ3n) is 2.25. The minimum absolute atomic E-state index is 0.317. The monoisotopic (exact) mass is 222 g/mol. The first kappa shape index (κ1) is 12.7. The molecule has 1 rings (SSSR count). The molecule has 0 heterocycles. The Morgan fingerprint density at radius 3 is 2.44 bits per heavy atom. The summed E-state index contributed by atoms with van der Waals surface area (Å²) in [5, 5.41) is 8.98. The Labute approximate surface area is 96.1 Å². The van der Waals surface area contributed by atoms with E-state index in [9.17, 15) is 4.79 Å². The van der Waals surface area contributed by atoms with E-state index >= 15 is 0 Å². The van der Waals surface area contributed by atoms with Crippen molar-refractivity contribution in [3.63, 3.8) is 0 Å². The van der Waals surface area contributed by atoms with Crippen molar-refractivity contribution < 1.29 is 14.6 Å². The minimum atomic E-state index is -0.885. The van der Waals surface area contributed by atoms with Crippen LogP contribution < -0.4 is 0 Å². The molecule has 0 aliphatic heterocycles. The summed E-state index contributed by atoms with van der Waals surface area (Å²) in [5.41, 5.74) is 0.998. The van der Waals surface area contributed by atoms with E-state index in [0.717, 1.165) is 5.56 Å². The van der Waals surface area contributed by atoms with Gasteiger partial charge < -0.3 is 9.84 Å². The van der Waals surface area contributed by atoms with Crippen LogP contribution in [0.5, 0.6) is 0 Å². The van der Waals surface area contributed by atoms with Gasteiger partial charge in [0.2, 0.25) is 0 Å². The molecule has 0 unspecified atom stereocenters. The summed E-state index contributed by atoms with van der Waals surface area (Å²) in [6.07, 6.45) is -0.164. The molecule has 0 radical (unpaired) electrons. The maximum absolute atomic E-state index is 10.9. The maximum atomic E-state index is 10.9. The number of ether oxygens (including phenoxy) is 1. The van der Waals surface area contributed by atoms with Gasteiger partial charge in [-0.2, -0.15) is 0 Å². The molecule has 0 aromatic heterocycles. The molecule has 0 bridgehead atoms. The van der Waals surface area contributed by atoms with Crippen LogP contribution in [0.2, 0.25) is 0 Å². The summed E-state index contributed by atoms with van der Waals surface area (Å²) in [7, 11) is 0. The van der Waals surface area contributed by atoms with Crippen LogP contribution in [0.1, 0.15) is 25.8 Å². The van der Waals surface area contributed by atoms with Crippen molar-refractivity contribution in [2.75, 3.05) is 0 Å². The van der Waals surface area contributed by atoms with Crippen LogP contribution in [-0.4, -0.2) is 17.2 Å². The van der Waals surface area contributed by atoms with Crippen LogP contribution in [0, 0.1) is 5.92 Å². The molecular formula is C13H18O3. The molecule has 0 spiro atoms. The second-order valence-electron chi connectivity index (χ2n) is 4.25. The zero-order valence-corrected chi connectivity index (χ0v) is 9.72. The van der Waals surface area contributed by atoms with E-state index in [-0.39, 0.29) is 0 Å². The number of rotatable bonds is 6. The number of carbonyl (C=O) groups is 1. The molecular weight excluding hydrogens is 204 g/mol. The smallest absolute Gasteiger partial charge is 0.332 e. The second-order valence-corrected chi connectivity index (χ2v) is 4.25. The third-order valence-corrected chi connectivity index (χ3v) is 2.25. The predicted octanol–water partition coefficient (Wildman–Crippen LogP) is 2.70. The standard InChI is InChI=1S/C13H18O3/c1-10(2)8-12(13(14)15)16-9-11-6-4-3-5-7-11/h3-7,10,12H,8-9H2,1-2H3,(H,14,15)/t12-/m1/s1. The van der Waals surface area contributed by atoms with E-state index < -0.39 is 12.1 Å². The van der Waals surface area contributed by atoms with Crippen molar-refractivity contribution >= 4 is 5.97 Å². The Kier molecular flexibility index (Phi) is 4.99. The number of benzene rings is 1. The first-order valence-electron chi connectivity index (χ1n) is 5.48. The maximum Gasteiger partial charge on any atom is 0.332 e. The highest BCUT2D eigenvalue weighted by molar-refractivity contribution is 5.72. The molecule has 0 aliphatic rings. The van der Waals surface area contributed by atoms with E-state index in [4.69, 9.17) is 9.84 Å². The minimum Gasteiger partial charge on any atom is -0.479 e. The molecule has 1 aromatic rings. The Morgan fingerprint density at radius 2 is 1.94 bits per heavy atom. The van der Waals surface area contributed by atoms with Gasteiger partial charge in [0.25, 0.3) is 0 Å². The molecule has 1 N–H and O–H groups in total. The van der Waals surface area contributed by atoms with Gasteiger partial charge in [0, 0.05) is 0 Å². The Hall–Kier alpha value is -1.35. The number of hydrogen-bond donors (Lipinski definition) is 1. The average molecular weight is 222 g/mol. The highest BCUT2D eigenvalue weighted by Crippen LogP contribution is 2.11. The summed E-state index contributed by atoms with van der Waals surface area (Å²) in [4.78, 5) is 10.9. The lowest BCUT2D eigenvalue weighted by molar-refractivity contribution is -0.152. The Balaban J connectivity index is 2.47. The van der Waals surface area contributed by atoms with Crippen molar-refractivity contribution in [2.24, 2.45) is 5.92 Å². The highest BCUT2D eigenvalue weighted by Gasteiger charge is 2.19. The van der Waals surface area contributed by atoms with Crippen molar-refractivity contribution in [1.82, 2.24) is 0 Å². The van der Waals surface area contributed by atoms with Gasteiger partial charge in [0.15, 0.2) is 6.10 Å². The fourth-order valence-corrected chi connectivity index (χ4v) is 1.44. The van der Waals surface area contributed by atoms with Crippen LogP contribution in [-0.2, 0) is 16.1 Å². The summed E-state index contributed by atoms with van der Waals surface area (Å²) in [5.74, 6) is -0.568. The van der Waals surface area contributed by atoms with Crippen LogP contribution in [0.15, 0.2) is 30.3 Å². The average Bonchev–Trinajstić information content (AvgIpc) is 2.25. The zero-order chi connectivity index (χ0) is 12.0. The highest BCUT2D eigenvalue weighted by atomic mass is 16.5. The molecule has 0 saturated carbocycles. The number of carboxylic acid groups (broad SMARTS) is 1.